The Morgan fingerprint density at radius 3 is 2.35 bits per heavy atom. The molecule has 1 heterocycles. The molecule has 3 atom stereocenters. The highest BCUT2D eigenvalue weighted by Crippen LogP contribution is 2.38. The normalized spacial score (nSPS) is 18.6. The van der Waals surface area contributed by atoms with Gasteiger partial charge in [-0.1, -0.05) is 68.9 Å². The van der Waals surface area contributed by atoms with Crippen LogP contribution in [0.15, 0.2) is 60.2 Å². The molecule has 0 saturated carbocycles. The summed E-state index contributed by atoms with van der Waals surface area (Å²) in [6.07, 6.45) is 11.3. The Bertz CT molecular complexity index is 1010. The van der Waals surface area contributed by atoms with E-state index < -0.39 is 13.7 Å². The lowest BCUT2D eigenvalue weighted by atomic mass is 9.97. The predicted octanol–water partition coefficient (Wildman–Crippen LogP) is 7.80. The first kappa shape index (κ1) is 34.0. The third kappa shape index (κ3) is 11.4. The Labute approximate surface area is 243 Å². The lowest BCUT2D eigenvalue weighted by molar-refractivity contribution is -0.151. The van der Waals surface area contributed by atoms with Crippen LogP contribution >= 0.6 is 0 Å². The molecule has 0 N–H and O–H groups in total. The minimum absolute atomic E-state index is 0.0186. The number of hydrogen-bond donors (Lipinski definition) is 0. The number of esters is 1. The molecule has 6 nitrogen and oxygen atoms in total. The van der Waals surface area contributed by atoms with Crippen LogP contribution in [-0.4, -0.2) is 52.9 Å². The molecule has 0 amide bonds. The quantitative estimate of drug-likeness (QED) is 0.137. The molecule has 0 aliphatic carbocycles. The molecule has 7 heteroatoms. The van der Waals surface area contributed by atoms with Crippen LogP contribution in [0, 0.1) is 5.41 Å². The van der Waals surface area contributed by atoms with Crippen LogP contribution in [-0.2, 0) is 30.0 Å². The van der Waals surface area contributed by atoms with Gasteiger partial charge in [0.15, 0.2) is 8.32 Å². The van der Waals surface area contributed by atoms with Gasteiger partial charge in [0, 0.05) is 0 Å². The predicted molar refractivity (Wildman–Crippen MR) is 165 cm³/mol. The van der Waals surface area contributed by atoms with Crippen molar-refractivity contribution in [3.05, 3.63) is 65.8 Å². The first-order valence-electron chi connectivity index (χ1n) is 14.3. The Balaban J connectivity index is 2.28. The number of rotatable bonds is 13. The average molecular weight is 573 g/mol. The van der Waals surface area contributed by atoms with Crippen molar-refractivity contribution in [3.8, 4) is 5.75 Å². The van der Waals surface area contributed by atoms with Crippen LogP contribution in [0.3, 0.4) is 0 Å². The number of benzene rings is 1. The van der Waals surface area contributed by atoms with Crippen LogP contribution in [0.1, 0.15) is 66.9 Å². The van der Waals surface area contributed by atoms with Gasteiger partial charge in [0.25, 0.3) is 0 Å². The summed E-state index contributed by atoms with van der Waals surface area (Å²) in [6, 6.07) is 7.91. The minimum atomic E-state index is -2.14. The molecule has 1 aromatic carbocycles. The minimum Gasteiger partial charge on any atom is -0.497 e. The third-order valence-corrected chi connectivity index (χ3v) is 11.9. The SMILES string of the molecule is COc1ccc(COC(C/C=C/COC(=O)C(C)(C)C)C(/C=C/C2CC(C)=CCO2)O[Si](C)(C)C(C)(C)C)cc1. The van der Waals surface area contributed by atoms with Crippen LogP contribution in [0.2, 0.25) is 18.1 Å². The van der Waals surface area contributed by atoms with Gasteiger partial charge >= 0.3 is 5.97 Å². The van der Waals surface area contributed by atoms with E-state index in [0.717, 1.165) is 17.7 Å². The highest BCUT2D eigenvalue weighted by molar-refractivity contribution is 6.74. The number of carbonyl (C=O) groups is 1. The molecule has 2 rings (SSSR count). The van der Waals surface area contributed by atoms with Gasteiger partial charge in [-0.25, -0.2) is 0 Å². The van der Waals surface area contributed by atoms with Gasteiger partial charge in [-0.2, -0.15) is 0 Å². The fourth-order valence-electron chi connectivity index (χ4n) is 3.75. The Hall–Kier alpha value is -2.19. The molecule has 1 aliphatic rings. The maximum atomic E-state index is 12.2. The number of ether oxygens (including phenoxy) is 4. The highest BCUT2D eigenvalue weighted by Gasteiger charge is 2.40. The first-order chi connectivity index (χ1) is 18.6. The van der Waals surface area contributed by atoms with Gasteiger partial charge in [0.1, 0.15) is 12.4 Å². The summed E-state index contributed by atoms with van der Waals surface area (Å²) >= 11 is 0. The van der Waals surface area contributed by atoms with E-state index in [-0.39, 0.29) is 35.9 Å². The number of methoxy groups -OCH3 is 1. The molecule has 1 aromatic rings. The molecule has 0 saturated heterocycles. The second-order valence-corrected chi connectivity index (χ2v) is 17.9. The molecular weight excluding hydrogens is 520 g/mol. The van der Waals surface area contributed by atoms with Gasteiger partial charge in [-0.3, -0.25) is 4.79 Å². The maximum absolute atomic E-state index is 12.2. The smallest absolute Gasteiger partial charge is 0.311 e. The standard InChI is InChI=1S/C33H52O6Si/c1-25-20-22-36-28(23-25)18-19-30(39-40(9,10)33(5,6)7)29(13-11-12-21-37-31(34)32(2,3)4)38-24-26-14-16-27(35-8)17-15-26/h11-12,14-20,28-30H,13,21-24H2,1-10H3/b12-11+,19-18+. The van der Waals surface area contributed by atoms with E-state index in [1.165, 1.54) is 5.57 Å². The summed E-state index contributed by atoms with van der Waals surface area (Å²) in [7, 11) is -0.474. The molecule has 3 unspecified atom stereocenters. The first-order valence-corrected chi connectivity index (χ1v) is 17.2. The third-order valence-electron chi connectivity index (χ3n) is 7.47. The Kier molecular flexibility index (Phi) is 12.9. The molecule has 1 aliphatic heterocycles. The van der Waals surface area contributed by atoms with E-state index in [1.807, 2.05) is 57.2 Å². The van der Waals surface area contributed by atoms with E-state index in [2.05, 4.69) is 59.0 Å². The van der Waals surface area contributed by atoms with Gasteiger partial charge in [-0.05, 0) is 76.4 Å². The topological polar surface area (TPSA) is 63.2 Å². The molecule has 0 aromatic heterocycles. The largest absolute Gasteiger partial charge is 0.497 e. The molecule has 0 fully saturated rings. The van der Waals surface area contributed by atoms with Crippen LogP contribution < -0.4 is 4.74 Å². The van der Waals surface area contributed by atoms with E-state index >= 15 is 0 Å². The summed E-state index contributed by atoms with van der Waals surface area (Å²) in [4.78, 5) is 12.2. The molecule has 0 spiro atoms. The van der Waals surface area contributed by atoms with Crippen molar-refractivity contribution in [3.63, 3.8) is 0 Å². The summed E-state index contributed by atoms with van der Waals surface area (Å²) in [5, 5.41) is 0.0390. The molecule has 0 bridgehead atoms. The van der Waals surface area contributed by atoms with E-state index in [9.17, 15) is 4.79 Å². The maximum Gasteiger partial charge on any atom is 0.311 e. The van der Waals surface area contributed by atoms with E-state index in [4.69, 9.17) is 23.4 Å². The van der Waals surface area contributed by atoms with Crippen LogP contribution in [0.4, 0.5) is 0 Å². The Morgan fingerprint density at radius 1 is 1.10 bits per heavy atom. The Morgan fingerprint density at radius 2 is 1.77 bits per heavy atom. The van der Waals surface area contributed by atoms with E-state index in [0.29, 0.717) is 19.6 Å². The molecule has 0 radical (unpaired) electrons. The van der Waals surface area contributed by atoms with Gasteiger partial charge in [0.2, 0.25) is 0 Å². The van der Waals surface area contributed by atoms with Crippen molar-refractivity contribution in [1.82, 2.24) is 0 Å². The second-order valence-electron chi connectivity index (χ2n) is 13.1. The lowest BCUT2D eigenvalue weighted by Crippen LogP contribution is -2.47. The van der Waals surface area contributed by atoms with Crippen molar-refractivity contribution in [2.24, 2.45) is 5.41 Å². The van der Waals surface area contributed by atoms with Gasteiger partial charge in [-0.15, -0.1) is 0 Å². The second kappa shape index (κ2) is 15.2. The number of hydrogen-bond acceptors (Lipinski definition) is 6. The lowest BCUT2D eigenvalue weighted by Gasteiger charge is -2.40. The molecule has 224 valence electrons. The molecule has 40 heavy (non-hydrogen) atoms. The van der Waals surface area contributed by atoms with Crippen molar-refractivity contribution in [1.29, 1.82) is 0 Å². The monoisotopic (exact) mass is 572 g/mol. The average Bonchev–Trinajstić information content (AvgIpc) is 2.87. The van der Waals surface area contributed by atoms with Crippen molar-refractivity contribution < 1.29 is 28.2 Å². The van der Waals surface area contributed by atoms with Crippen molar-refractivity contribution >= 4 is 14.3 Å². The van der Waals surface area contributed by atoms with Crippen molar-refractivity contribution in [2.45, 2.75) is 104 Å². The summed E-state index contributed by atoms with van der Waals surface area (Å²) in [5.41, 5.74) is 1.86. The van der Waals surface area contributed by atoms with E-state index in [1.54, 1.807) is 7.11 Å². The summed E-state index contributed by atoms with van der Waals surface area (Å²) in [6.45, 7) is 20.3. The van der Waals surface area contributed by atoms with Gasteiger partial charge in [0.05, 0.1) is 44.1 Å². The highest BCUT2D eigenvalue weighted by atomic mass is 28.4. The van der Waals surface area contributed by atoms with Gasteiger partial charge < -0.3 is 23.4 Å². The molecular formula is C33H52O6Si. The van der Waals surface area contributed by atoms with Crippen LogP contribution in [0.5, 0.6) is 5.75 Å². The zero-order valence-corrected chi connectivity index (χ0v) is 27.4. The summed E-state index contributed by atoms with van der Waals surface area (Å²) in [5.74, 6) is 0.593. The zero-order valence-electron chi connectivity index (χ0n) is 26.4. The number of carbonyl (C=O) groups excluding carboxylic acids is 1. The fraction of sp³-hybridized carbons (Fsp3) is 0.606. The van der Waals surface area contributed by atoms with Crippen LogP contribution in [0.25, 0.3) is 0 Å². The fourth-order valence-corrected chi connectivity index (χ4v) is 5.01. The zero-order chi connectivity index (χ0) is 30.0. The van der Waals surface area contributed by atoms with Crippen molar-refractivity contribution in [2.75, 3.05) is 20.3 Å². The summed E-state index contributed by atoms with van der Waals surface area (Å²) < 4.78 is 30.2.